The second kappa shape index (κ2) is 6.06. The van der Waals surface area contributed by atoms with Crippen molar-refractivity contribution in [2.24, 2.45) is 0 Å². The Bertz CT molecular complexity index is 431. The molecular formula is C15H24N2OS. The largest absolute Gasteiger partial charge is 0.335 e. The average molecular weight is 280 g/mol. The molecule has 1 fully saturated rings. The molecule has 0 aromatic carbocycles. The molecule has 0 aliphatic carbocycles. The third-order valence-corrected chi connectivity index (χ3v) is 4.77. The van der Waals surface area contributed by atoms with E-state index in [1.165, 1.54) is 5.56 Å². The van der Waals surface area contributed by atoms with Gasteiger partial charge in [0.05, 0.1) is 4.88 Å². The maximum absolute atomic E-state index is 12.4. The number of thiophene rings is 1. The number of amides is 1. The van der Waals surface area contributed by atoms with Crippen molar-refractivity contribution in [1.29, 1.82) is 0 Å². The van der Waals surface area contributed by atoms with E-state index in [1.807, 2.05) is 4.90 Å². The number of carbonyl (C=O) groups is 1. The fourth-order valence-electron chi connectivity index (χ4n) is 2.36. The summed E-state index contributed by atoms with van der Waals surface area (Å²) in [6.45, 7) is 12.4. The monoisotopic (exact) mass is 280 g/mol. The molecule has 1 aliphatic rings. The van der Waals surface area contributed by atoms with E-state index in [1.54, 1.807) is 11.3 Å². The SMILES string of the molecule is CC(C)c1csc(C(=O)N2CCN(C(C)C)CC2)c1. The van der Waals surface area contributed by atoms with Gasteiger partial charge in [-0.05, 0) is 36.8 Å². The molecular weight excluding hydrogens is 256 g/mol. The first-order chi connectivity index (χ1) is 8.99. The van der Waals surface area contributed by atoms with E-state index in [0.717, 1.165) is 31.1 Å². The van der Waals surface area contributed by atoms with Gasteiger partial charge in [0.15, 0.2) is 0 Å². The van der Waals surface area contributed by atoms with Crippen LogP contribution in [-0.4, -0.2) is 47.9 Å². The number of hydrogen-bond donors (Lipinski definition) is 0. The van der Waals surface area contributed by atoms with E-state index in [9.17, 15) is 4.79 Å². The number of nitrogens with zero attached hydrogens (tertiary/aromatic N) is 2. The van der Waals surface area contributed by atoms with Crippen molar-refractivity contribution in [2.45, 2.75) is 39.7 Å². The fraction of sp³-hybridized carbons (Fsp3) is 0.667. The highest BCUT2D eigenvalue weighted by molar-refractivity contribution is 7.12. The van der Waals surface area contributed by atoms with E-state index in [2.05, 4.69) is 44.0 Å². The van der Waals surface area contributed by atoms with E-state index in [0.29, 0.717) is 12.0 Å². The summed E-state index contributed by atoms with van der Waals surface area (Å²) in [6.07, 6.45) is 0. The van der Waals surface area contributed by atoms with Gasteiger partial charge in [-0.1, -0.05) is 13.8 Å². The maximum atomic E-state index is 12.4. The van der Waals surface area contributed by atoms with Crippen LogP contribution in [0.2, 0.25) is 0 Å². The molecule has 0 N–H and O–H groups in total. The Morgan fingerprint density at radius 1 is 1.16 bits per heavy atom. The molecule has 0 atom stereocenters. The van der Waals surface area contributed by atoms with Crippen molar-refractivity contribution >= 4 is 17.2 Å². The summed E-state index contributed by atoms with van der Waals surface area (Å²) in [4.78, 5) is 17.7. The van der Waals surface area contributed by atoms with E-state index < -0.39 is 0 Å². The molecule has 1 amide bonds. The average Bonchev–Trinajstić information content (AvgIpc) is 2.87. The van der Waals surface area contributed by atoms with Gasteiger partial charge in [-0.2, -0.15) is 0 Å². The van der Waals surface area contributed by atoms with E-state index >= 15 is 0 Å². The third-order valence-electron chi connectivity index (χ3n) is 3.83. The van der Waals surface area contributed by atoms with Gasteiger partial charge in [0, 0.05) is 32.2 Å². The minimum atomic E-state index is 0.209. The van der Waals surface area contributed by atoms with Crippen LogP contribution in [-0.2, 0) is 0 Å². The van der Waals surface area contributed by atoms with Gasteiger partial charge >= 0.3 is 0 Å². The number of piperazine rings is 1. The molecule has 3 nitrogen and oxygen atoms in total. The standard InChI is InChI=1S/C15H24N2OS/c1-11(2)13-9-14(19-10-13)15(18)17-7-5-16(6-8-17)12(3)4/h9-12H,5-8H2,1-4H3. The summed E-state index contributed by atoms with van der Waals surface area (Å²) in [5.74, 6) is 0.705. The molecule has 4 heteroatoms. The van der Waals surface area contributed by atoms with Crippen LogP contribution in [0, 0.1) is 0 Å². The number of carbonyl (C=O) groups excluding carboxylic acids is 1. The normalized spacial score (nSPS) is 17.5. The summed E-state index contributed by atoms with van der Waals surface area (Å²) in [7, 11) is 0. The van der Waals surface area contributed by atoms with Gasteiger partial charge in [0.25, 0.3) is 5.91 Å². The second-order valence-corrected chi connectivity index (χ2v) is 6.73. The molecule has 19 heavy (non-hydrogen) atoms. The quantitative estimate of drug-likeness (QED) is 0.849. The first-order valence-corrected chi connectivity index (χ1v) is 7.98. The molecule has 0 spiro atoms. The zero-order chi connectivity index (χ0) is 14.0. The smallest absolute Gasteiger partial charge is 0.264 e. The highest BCUT2D eigenvalue weighted by Gasteiger charge is 2.24. The molecule has 2 rings (SSSR count). The molecule has 0 radical (unpaired) electrons. The fourth-order valence-corrected chi connectivity index (χ4v) is 3.40. The highest BCUT2D eigenvalue weighted by atomic mass is 32.1. The summed E-state index contributed by atoms with van der Waals surface area (Å²) < 4.78 is 0. The minimum absolute atomic E-state index is 0.209. The summed E-state index contributed by atoms with van der Waals surface area (Å²) in [6, 6.07) is 2.64. The van der Waals surface area contributed by atoms with Gasteiger partial charge in [0.1, 0.15) is 0 Å². The third kappa shape index (κ3) is 3.37. The Morgan fingerprint density at radius 3 is 2.26 bits per heavy atom. The zero-order valence-electron chi connectivity index (χ0n) is 12.3. The summed E-state index contributed by atoms with van der Waals surface area (Å²) in [5, 5.41) is 2.11. The first-order valence-electron chi connectivity index (χ1n) is 7.10. The molecule has 0 saturated carbocycles. The van der Waals surface area contributed by atoms with Crippen LogP contribution in [0.15, 0.2) is 11.4 Å². The summed E-state index contributed by atoms with van der Waals surface area (Å²) in [5.41, 5.74) is 1.27. The molecule has 2 heterocycles. The van der Waals surface area contributed by atoms with Crippen LogP contribution in [0.1, 0.15) is 48.8 Å². The van der Waals surface area contributed by atoms with Gasteiger partial charge in [-0.3, -0.25) is 9.69 Å². The lowest BCUT2D eigenvalue weighted by Gasteiger charge is -2.36. The summed E-state index contributed by atoms with van der Waals surface area (Å²) >= 11 is 1.58. The lowest BCUT2D eigenvalue weighted by Crippen LogP contribution is -2.50. The zero-order valence-corrected chi connectivity index (χ0v) is 13.2. The second-order valence-electron chi connectivity index (χ2n) is 5.82. The highest BCUT2D eigenvalue weighted by Crippen LogP contribution is 2.23. The first kappa shape index (κ1) is 14.5. The van der Waals surface area contributed by atoms with Crippen molar-refractivity contribution in [3.05, 3.63) is 21.9 Å². The van der Waals surface area contributed by atoms with Gasteiger partial charge in [-0.15, -0.1) is 11.3 Å². The van der Waals surface area contributed by atoms with Crippen LogP contribution < -0.4 is 0 Å². The Kier molecular flexibility index (Phi) is 4.63. The van der Waals surface area contributed by atoms with Gasteiger partial charge in [0.2, 0.25) is 0 Å². The number of hydrogen-bond acceptors (Lipinski definition) is 3. The van der Waals surface area contributed by atoms with Crippen LogP contribution in [0.4, 0.5) is 0 Å². The van der Waals surface area contributed by atoms with Crippen molar-refractivity contribution in [1.82, 2.24) is 9.80 Å². The lowest BCUT2D eigenvalue weighted by atomic mass is 10.1. The Labute approximate surface area is 120 Å². The Balaban J connectivity index is 1.97. The van der Waals surface area contributed by atoms with Crippen LogP contribution in [0.5, 0.6) is 0 Å². The van der Waals surface area contributed by atoms with Gasteiger partial charge in [-0.25, -0.2) is 0 Å². The molecule has 1 aromatic heterocycles. The Hall–Kier alpha value is -0.870. The lowest BCUT2D eigenvalue weighted by molar-refractivity contribution is 0.0600. The van der Waals surface area contributed by atoms with Crippen molar-refractivity contribution in [3.8, 4) is 0 Å². The molecule has 1 aliphatic heterocycles. The predicted molar refractivity (Wildman–Crippen MR) is 81.0 cm³/mol. The molecule has 1 aromatic rings. The van der Waals surface area contributed by atoms with Gasteiger partial charge < -0.3 is 4.90 Å². The van der Waals surface area contributed by atoms with E-state index in [4.69, 9.17) is 0 Å². The topological polar surface area (TPSA) is 23.6 Å². The van der Waals surface area contributed by atoms with Crippen molar-refractivity contribution < 1.29 is 4.79 Å². The minimum Gasteiger partial charge on any atom is -0.335 e. The van der Waals surface area contributed by atoms with Crippen molar-refractivity contribution in [3.63, 3.8) is 0 Å². The maximum Gasteiger partial charge on any atom is 0.264 e. The van der Waals surface area contributed by atoms with Crippen LogP contribution in [0.3, 0.4) is 0 Å². The van der Waals surface area contributed by atoms with E-state index in [-0.39, 0.29) is 5.91 Å². The number of rotatable bonds is 3. The van der Waals surface area contributed by atoms with Crippen LogP contribution in [0.25, 0.3) is 0 Å². The molecule has 1 saturated heterocycles. The van der Waals surface area contributed by atoms with Crippen LogP contribution >= 0.6 is 11.3 Å². The van der Waals surface area contributed by atoms with Crippen molar-refractivity contribution in [2.75, 3.05) is 26.2 Å². The molecule has 0 unspecified atom stereocenters. The molecule has 0 bridgehead atoms. The Morgan fingerprint density at radius 2 is 1.79 bits per heavy atom. The predicted octanol–water partition coefficient (Wildman–Crippen LogP) is 3.04. The molecule has 106 valence electrons.